The van der Waals surface area contributed by atoms with E-state index in [0.29, 0.717) is 17.8 Å². The Kier molecular flexibility index (Phi) is 24.5. The van der Waals surface area contributed by atoms with Crippen molar-refractivity contribution in [3.8, 4) is 0 Å². The van der Waals surface area contributed by atoms with Crippen molar-refractivity contribution in [1.29, 1.82) is 0 Å². The summed E-state index contributed by atoms with van der Waals surface area (Å²) in [6, 6.07) is 0. The standard InChI is InChI=1S/C16H30O2.C12H22O2/c1-4-5-6-7-8-9-10-11-12-13-14-18-16(17)15(2)3;1-5-7-8-9-11(6-2)14-12(13)10(3)4/h2,4-14H2,1,3H3;11H,3,5-9H2,1-2,4H3. The van der Waals surface area contributed by atoms with Crippen LogP contribution in [-0.4, -0.2) is 24.6 Å². The van der Waals surface area contributed by atoms with E-state index in [2.05, 4.69) is 27.0 Å². The van der Waals surface area contributed by atoms with Gasteiger partial charge in [-0.05, 0) is 39.5 Å². The van der Waals surface area contributed by atoms with Gasteiger partial charge in [0.15, 0.2) is 0 Å². The van der Waals surface area contributed by atoms with Gasteiger partial charge in [-0.3, -0.25) is 0 Å². The molecule has 0 aliphatic rings. The Morgan fingerprint density at radius 2 is 1.09 bits per heavy atom. The predicted molar refractivity (Wildman–Crippen MR) is 137 cm³/mol. The normalized spacial score (nSPS) is 11.2. The lowest BCUT2D eigenvalue weighted by molar-refractivity contribution is -0.144. The number of carbonyl (C=O) groups is 2. The minimum absolute atomic E-state index is 0.0748. The van der Waals surface area contributed by atoms with Gasteiger partial charge in [-0.25, -0.2) is 9.59 Å². The van der Waals surface area contributed by atoms with Crippen LogP contribution in [0.1, 0.15) is 131 Å². The molecule has 0 aromatic rings. The van der Waals surface area contributed by atoms with Crippen molar-refractivity contribution in [2.24, 2.45) is 0 Å². The summed E-state index contributed by atoms with van der Waals surface area (Å²) in [5.74, 6) is -0.515. The Hall–Kier alpha value is -1.58. The van der Waals surface area contributed by atoms with Crippen molar-refractivity contribution in [3.05, 3.63) is 24.3 Å². The topological polar surface area (TPSA) is 52.6 Å². The first kappa shape index (κ1) is 32.6. The Morgan fingerprint density at radius 3 is 1.53 bits per heavy atom. The zero-order valence-corrected chi connectivity index (χ0v) is 21.9. The minimum atomic E-state index is -0.258. The third kappa shape index (κ3) is 23.1. The molecule has 0 rings (SSSR count). The van der Waals surface area contributed by atoms with Gasteiger partial charge >= 0.3 is 11.9 Å². The quantitative estimate of drug-likeness (QED) is 0.112. The number of unbranched alkanes of at least 4 members (excludes halogenated alkanes) is 11. The molecule has 0 amide bonds. The van der Waals surface area contributed by atoms with E-state index in [1.165, 1.54) is 70.6 Å². The molecule has 4 heteroatoms. The van der Waals surface area contributed by atoms with Crippen LogP contribution in [0.25, 0.3) is 0 Å². The molecular formula is C28H52O4. The second kappa shape index (κ2) is 24.1. The Labute approximate surface area is 199 Å². The van der Waals surface area contributed by atoms with Crippen LogP contribution in [0, 0.1) is 0 Å². The van der Waals surface area contributed by atoms with E-state index in [0.717, 1.165) is 25.7 Å². The molecule has 1 unspecified atom stereocenters. The van der Waals surface area contributed by atoms with E-state index in [9.17, 15) is 9.59 Å². The maximum Gasteiger partial charge on any atom is 0.333 e. The van der Waals surface area contributed by atoms with E-state index in [-0.39, 0.29) is 18.0 Å². The molecule has 32 heavy (non-hydrogen) atoms. The lowest BCUT2D eigenvalue weighted by atomic mass is 10.1. The van der Waals surface area contributed by atoms with Crippen LogP contribution >= 0.6 is 0 Å². The van der Waals surface area contributed by atoms with Gasteiger partial charge in [0.2, 0.25) is 0 Å². The second-order valence-corrected chi connectivity index (χ2v) is 8.81. The molecule has 0 radical (unpaired) electrons. The number of carbonyl (C=O) groups excluding carboxylic acids is 2. The summed E-state index contributed by atoms with van der Waals surface area (Å²) in [5, 5.41) is 0. The average Bonchev–Trinajstić information content (AvgIpc) is 2.76. The molecule has 0 spiro atoms. The van der Waals surface area contributed by atoms with Gasteiger partial charge in [0, 0.05) is 11.1 Å². The molecule has 188 valence electrons. The van der Waals surface area contributed by atoms with Crippen LogP contribution in [0.2, 0.25) is 0 Å². The third-order valence-corrected chi connectivity index (χ3v) is 5.29. The molecule has 1 atom stereocenters. The highest BCUT2D eigenvalue weighted by molar-refractivity contribution is 5.87. The van der Waals surface area contributed by atoms with Crippen LogP contribution in [-0.2, 0) is 19.1 Å². The second-order valence-electron chi connectivity index (χ2n) is 8.81. The fourth-order valence-corrected chi connectivity index (χ4v) is 3.10. The first-order valence-electron chi connectivity index (χ1n) is 13.0. The highest BCUT2D eigenvalue weighted by Gasteiger charge is 2.12. The van der Waals surface area contributed by atoms with Crippen LogP contribution in [0.3, 0.4) is 0 Å². The molecule has 0 saturated carbocycles. The molecule has 0 N–H and O–H groups in total. The van der Waals surface area contributed by atoms with Crippen molar-refractivity contribution in [3.63, 3.8) is 0 Å². The summed E-state index contributed by atoms with van der Waals surface area (Å²) in [7, 11) is 0. The number of ether oxygens (including phenoxy) is 2. The van der Waals surface area contributed by atoms with Gasteiger partial charge in [0.1, 0.15) is 6.10 Å². The van der Waals surface area contributed by atoms with Crippen LogP contribution < -0.4 is 0 Å². The predicted octanol–water partition coefficient (Wildman–Crippen LogP) is 8.49. The van der Waals surface area contributed by atoms with E-state index < -0.39 is 0 Å². The van der Waals surface area contributed by atoms with Crippen molar-refractivity contribution in [2.45, 2.75) is 137 Å². The molecule has 0 aromatic carbocycles. The monoisotopic (exact) mass is 452 g/mol. The zero-order valence-electron chi connectivity index (χ0n) is 21.9. The smallest absolute Gasteiger partial charge is 0.333 e. The van der Waals surface area contributed by atoms with Crippen molar-refractivity contribution >= 4 is 11.9 Å². The Balaban J connectivity index is 0. The first-order valence-corrected chi connectivity index (χ1v) is 13.0. The fourth-order valence-electron chi connectivity index (χ4n) is 3.10. The summed E-state index contributed by atoms with van der Waals surface area (Å²) in [6.45, 7) is 17.5. The van der Waals surface area contributed by atoms with Crippen LogP contribution in [0.5, 0.6) is 0 Å². The van der Waals surface area contributed by atoms with Gasteiger partial charge in [0.25, 0.3) is 0 Å². The van der Waals surface area contributed by atoms with Crippen LogP contribution in [0.15, 0.2) is 24.3 Å². The van der Waals surface area contributed by atoms with E-state index in [1.54, 1.807) is 13.8 Å². The maximum atomic E-state index is 11.2. The summed E-state index contributed by atoms with van der Waals surface area (Å²) in [4.78, 5) is 22.3. The number of hydrogen-bond acceptors (Lipinski definition) is 4. The SMILES string of the molecule is C=C(C)C(=O)OC(CC)CCCCC.C=C(C)C(=O)OCCCCCCCCCCCC. The molecule has 0 saturated heterocycles. The zero-order chi connectivity index (χ0) is 24.6. The largest absolute Gasteiger partial charge is 0.462 e. The first-order chi connectivity index (χ1) is 15.3. The number of hydrogen-bond donors (Lipinski definition) is 0. The van der Waals surface area contributed by atoms with Gasteiger partial charge in [-0.1, -0.05) is 105 Å². The molecule has 0 aliphatic heterocycles. The summed E-state index contributed by atoms with van der Waals surface area (Å²) in [6.07, 6.45) is 18.4. The van der Waals surface area contributed by atoms with Gasteiger partial charge < -0.3 is 9.47 Å². The Morgan fingerprint density at radius 1 is 0.656 bits per heavy atom. The van der Waals surface area contributed by atoms with Gasteiger partial charge in [0.05, 0.1) is 6.61 Å². The molecular weight excluding hydrogens is 400 g/mol. The third-order valence-electron chi connectivity index (χ3n) is 5.29. The number of esters is 2. The van der Waals surface area contributed by atoms with E-state index in [4.69, 9.17) is 9.47 Å². The minimum Gasteiger partial charge on any atom is -0.462 e. The van der Waals surface area contributed by atoms with E-state index >= 15 is 0 Å². The summed E-state index contributed by atoms with van der Waals surface area (Å²) in [5.41, 5.74) is 0.973. The van der Waals surface area contributed by atoms with Gasteiger partial charge in [-0.2, -0.15) is 0 Å². The Bertz CT molecular complexity index is 496. The lowest BCUT2D eigenvalue weighted by Gasteiger charge is -2.15. The molecule has 0 aromatic heterocycles. The van der Waals surface area contributed by atoms with Crippen molar-refractivity contribution in [1.82, 2.24) is 0 Å². The van der Waals surface area contributed by atoms with Gasteiger partial charge in [-0.15, -0.1) is 0 Å². The highest BCUT2D eigenvalue weighted by Crippen LogP contribution is 2.12. The van der Waals surface area contributed by atoms with Crippen LogP contribution in [0.4, 0.5) is 0 Å². The average molecular weight is 453 g/mol. The molecule has 4 nitrogen and oxygen atoms in total. The lowest BCUT2D eigenvalue weighted by Crippen LogP contribution is -2.17. The van der Waals surface area contributed by atoms with E-state index in [1.807, 2.05) is 6.92 Å². The fraction of sp³-hybridized carbons (Fsp3) is 0.786. The highest BCUT2D eigenvalue weighted by atomic mass is 16.5. The summed E-state index contributed by atoms with van der Waals surface area (Å²) < 4.78 is 10.3. The molecule has 0 fully saturated rings. The maximum absolute atomic E-state index is 11.2. The molecule has 0 aliphatic carbocycles. The van der Waals surface area contributed by atoms with Crippen molar-refractivity contribution < 1.29 is 19.1 Å². The summed E-state index contributed by atoms with van der Waals surface area (Å²) >= 11 is 0. The number of rotatable bonds is 19. The molecule has 0 bridgehead atoms. The molecule has 0 heterocycles. The van der Waals surface area contributed by atoms with Crippen molar-refractivity contribution in [2.75, 3.05) is 6.61 Å².